The monoisotopic (exact) mass is 358 g/mol. The molecule has 0 saturated carbocycles. The Morgan fingerprint density at radius 2 is 0.720 bits per heavy atom. The van der Waals surface area contributed by atoms with Crippen LogP contribution in [0.4, 0.5) is 0 Å². The van der Waals surface area contributed by atoms with Gasteiger partial charge in [0, 0.05) is 65.4 Å². The van der Waals surface area contributed by atoms with E-state index in [1.807, 2.05) is 0 Å². The van der Waals surface area contributed by atoms with Gasteiger partial charge in [0.2, 0.25) is 0 Å². The molecule has 0 aromatic rings. The zero-order chi connectivity index (χ0) is 17.7. The first kappa shape index (κ1) is 21.0. The van der Waals surface area contributed by atoms with Crippen LogP contribution >= 0.6 is 0 Å². The fraction of sp³-hybridized carbons (Fsp3) is 1.00. The standard InChI is InChI=1S/C18H38N4O3/c1-19-3-4-20(2)6-8-22-10-14-23-13-9-21(7-5-19)11-15-24-17-18-25-16-12-22/h3-18H2,1-2H3. The molecule has 2 heterocycles. The highest BCUT2D eigenvalue weighted by atomic mass is 16.5. The highest BCUT2D eigenvalue weighted by Gasteiger charge is 2.12. The number of hydrogen-bond donors (Lipinski definition) is 0. The molecule has 0 radical (unpaired) electrons. The van der Waals surface area contributed by atoms with Crippen LogP contribution in [0, 0.1) is 0 Å². The lowest BCUT2D eigenvalue weighted by molar-refractivity contribution is 0.0305. The summed E-state index contributed by atoms with van der Waals surface area (Å²) >= 11 is 0. The number of fused-ring (bicyclic) bond motifs is 6. The molecule has 25 heavy (non-hydrogen) atoms. The summed E-state index contributed by atoms with van der Waals surface area (Å²) in [6.07, 6.45) is 0. The van der Waals surface area contributed by atoms with E-state index in [1.165, 1.54) is 0 Å². The summed E-state index contributed by atoms with van der Waals surface area (Å²) in [7, 11) is 4.44. The molecule has 7 heteroatoms. The predicted octanol–water partition coefficient (Wildman–Crippen LogP) is -0.469. The van der Waals surface area contributed by atoms with E-state index in [9.17, 15) is 0 Å². The van der Waals surface area contributed by atoms with Gasteiger partial charge in [-0.25, -0.2) is 0 Å². The zero-order valence-electron chi connectivity index (χ0n) is 16.3. The number of rotatable bonds is 0. The maximum atomic E-state index is 5.91. The summed E-state index contributed by atoms with van der Waals surface area (Å²) in [6, 6.07) is 0. The Kier molecular flexibility index (Phi) is 10.9. The van der Waals surface area contributed by atoms with E-state index in [0.29, 0.717) is 13.2 Å². The second-order valence-corrected chi connectivity index (χ2v) is 7.13. The first-order valence-corrected chi connectivity index (χ1v) is 9.79. The molecule has 0 spiro atoms. The lowest BCUT2D eigenvalue weighted by Gasteiger charge is -2.27. The van der Waals surface area contributed by atoms with E-state index in [2.05, 4.69) is 33.7 Å². The van der Waals surface area contributed by atoms with Crippen molar-refractivity contribution < 1.29 is 14.2 Å². The Balaban J connectivity index is 1.96. The van der Waals surface area contributed by atoms with Gasteiger partial charge < -0.3 is 24.0 Å². The van der Waals surface area contributed by atoms with Crippen molar-refractivity contribution in [1.82, 2.24) is 19.6 Å². The van der Waals surface area contributed by atoms with Crippen molar-refractivity contribution in [3.8, 4) is 0 Å². The Morgan fingerprint density at radius 1 is 0.400 bits per heavy atom. The SMILES string of the molecule is CN1CCN(C)CCN2CCOCCOCCN(CCOCC2)CC1. The van der Waals surface area contributed by atoms with Crippen molar-refractivity contribution in [2.24, 2.45) is 0 Å². The number of hydrogen-bond acceptors (Lipinski definition) is 7. The summed E-state index contributed by atoms with van der Waals surface area (Å²) in [5.74, 6) is 0. The van der Waals surface area contributed by atoms with Crippen LogP contribution in [0.25, 0.3) is 0 Å². The van der Waals surface area contributed by atoms with Gasteiger partial charge in [0.15, 0.2) is 0 Å². The third kappa shape index (κ3) is 9.84. The summed E-state index contributed by atoms with van der Waals surface area (Å²) in [5.41, 5.74) is 0. The highest BCUT2D eigenvalue weighted by molar-refractivity contribution is 4.66. The molecule has 2 bridgehead atoms. The summed E-state index contributed by atoms with van der Waals surface area (Å²) in [6.45, 7) is 14.9. The molecule has 2 unspecified atom stereocenters. The van der Waals surface area contributed by atoms with Crippen molar-refractivity contribution in [2.75, 3.05) is 119 Å². The van der Waals surface area contributed by atoms with Crippen LogP contribution < -0.4 is 0 Å². The van der Waals surface area contributed by atoms with Gasteiger partial charge in [-0.15, -0.1) is 0 Å². The molecule has 2 aliphatic heterocycles. The van der Waals surface area contributed by atoms with E-state index in [4.69, 9.17) is 14.2 Å². The largest absolute Gasteiger partial charge is 0.379 e. The normalized spacial score (nSPS) is 31.4. The molecule has 2 aliphatic rings. The van der Waals surface area contributed by atoms with Crippen LogP contribution in [-0.4, -0.2) is 139 Å². The molecular weight excluding hydrogens is 320 g/mol. The second kappa shape index (κ2) is 13.0. The Labute approximate surface area is 153 Å². The van der Waals surface area contributed by atoms with Crippen molar-refractivity contribution in [1.29, 1.82) is 0 Å². The minimum atomic E-state index is 0.687. The minimum absolute atomic E-state index is 0.687. The van der Waals surface area contributed by atoms with Crippen LogP contribution in [0.1, 0.15) is 0 Å². The number of nitrogens with zero attached hydrogens (tertiary/aromatic N) is 4. The van der Waals surface area contributed by atoms with Crippen molar-refractivity contribution >= 4 is 0 Å². The smallest absolute Gasteiger partial charge is 0.0701 e. The van der Waals surface area contributed by atoms with Gasteiger partial charge in [0.1, 0.15) is 0 Å². The lowest BCUT2D eigenvalue weighted by Crippen LogP contribution is -2.40. The van der Waals surface area contributed by atoms with E-state index in [-0.39, 0.29) is 0 Å². The third-order valence-electron chi connectivity index (χ3n) is 5.04. The van der Waals surface area contributed by atoms with Gasteiger partial charge >= 0.3 is 0 Å². The van der Waals surface area contributed by atoms with Crippen molar-refractivity contribution in [3.05, 3.63) is 0 Å². The van der Waals surface area contributed by atoms with Gasteiger partial charge in [-0.1, -0.05) is 0 Å². The quantitative estimate of drug-likeness (QED) is 0.542. The molecule has 2 atom stereocenters. The molecule has 2 rings (SSSR count). The topological polar surface area (TPSA) is 40.7 Å². The second-order valence-electron chi connectivity index (χ2n) is 7.13. The van der Waals surface area contributed by atoms with Crippen molar-refractivity contribution in [3.63, 3.8) is 0 Å². The molecule has 0 aromatic heterocycles. The average Bonchev–Trinajstić information content (AvgIpc) is 2.62. The van der Waals surface area contributed by atoms with Crippen LogP contribution in [0.2, 0.25) is 0 Å². The molecule has 148 valence electrons. The van der Waals surface area contributed by atoms with Gasteiger partial charge in [-0.05, 0) is 14.1 Å². The molecular formula is C18H38N4O3. The van der Waals surface area contributed by atoms with Crippen LogP contribution in [0.3, 0.4) is 0 Å². The molecule has 7 nitrogen and oxygen atoms in total. The van der Waals surface area contributed by atoms with E-state index in [1.54, 1.807) is 0 Å². The Hall–Kier alpha value is -0.280. The molecule has 2 saturated heterocycles. The van der Waals surface area contributed by atoms with E-state index < -0.39 is 0 Å². The van der Waals surface area contributed by atoms with Gasteiger partial charge in [-0.3, -0.25) is 9.80 Å². The third-order valence-corrected chi connectivity index (χ3v) is 5.04. The summed E-state index contributed by atoms with van der Waals surface area (Å²) < 4.78 is 17.4. The first-order valence-electron chi connectivity index (χ1n) is 9.79. The number of likely N-dealkylation sites (N-methyl/N-ethyl adjacent to an activating group) is 2. The average molecular weight is 359 g/mol. The number of ether oxygens (including phenoxy) is 3. The molecule has 2 fully saturated rings. The maximum Gasteiger partial charge on any atom is 0.0701 e. The maximum absolute atomic E-state index is 5.91. The van der Waals surface area contributed by atoms with Gasteiger partial charge in [0.25, 0.3) is 0 Å². The zero-order valence-corrected chi connectivity index (χ0v) is 16.3. The molecule has 0 aliphatic carbocycles. The molecule has 0 amide bonds. The molecule has 0 aromatic carbocycles. The van der Waals surface area contributed by atoms with Gasteiger partial charge in [-0.2, -0.15) is 0 Å². The van der Waals surface area contributed by atoms with Gasteiger partial charge in [0.05, 0.1) is 39.6 Å². The van der Waals surface area contributed by atoms with E-state index in [0.717, 1.165) is 91.9 Å². The minimum Gasteiger partial charge on any atom is -0.379 e. The summed E-state index contributed by atoms with van der Waals surface area (Å²) in [4.78, 5) is 9.77. The fourth-order valence-electron chi connectivity index (χ4n) is 3.06. The first-order chi connectivity index (χ1) is 12.2. The van der Waals surface area contributed by atoms with Crippen LogP contribution in [0.15, 0.2) is 0 Å². The lowest BCUT2D eigenvalue weighted by atomic mass is 10.4. The Bertz CT molecular complexity index is 305. The van der Waals surface area contributed by atoms with Crippen LogP contribution in [-0.2, 0) is 14.2 Å². The molecule has 0 N–H and O–H groups in total. The Morgan fingerprint density at radius 3 is 1.12 bits per heavy atom. The van der Waals surface area contributed by atoms with E-state index >= 15 is 0 Å². The van der Waals surface area contributed by atoms with Crippen molar-refractivity contribution in [2.45, 2.75) is 0 Å². The fourth-order valence-corrected chi connectivity index (χ4v) is 3.06. The predicted molar refractivity (Wildman–Crippen MR) is 100 cm³/mol. The van der Waals surface area contributed by atoms with Crippen LogP contribution in [0.5, 0.6) is 0 Å². The highest BCUT2D eigenvalue weighted by Crippen LogP contribution is 1.98. The summed E-state index contributed by atoms with van der Waals surface area (Å²) in [5, 5.41) is 0.